The molecule has 1 saturated heterocycles. The number of alkyl halides is 2. The minimum Gasteiger partial charge on any atom is -0.598 e. The first kappa shape index (κ1) is 21.8. The van der Waals surface area contributed by atoms with Gasteiger partial charge in [-0.15, -0.1) is 4.72 Å². The fourth-order valence-electron chi connectivity index (χ4n) is 4.26. The molecule has 31 heavy (non-hydrogen) atoms. The first-order valence-electron chi connectivity index (χ1n) is 10.3. The van der Waals surface area contributed by atoms with Crippen molar-refractivity contribution in [2.45, 2.75) is 38.7 Å². The molecule has 8 nitrogen and oxygen atoms in total. The van der Waals surface area contributed by atoms with Crippen LogP contribution in [0.3, 0.4) is 0 Å². The minimum atomic E-state index is -2.66. The molecule has 11 heteroatoms. The van der Waals surface area contributed by atoms with E-state index in [9.17, 15) is 13.3 Å². The van der Waals surface area contributed by atoms with Gasteiger partial charge in [-0.05, 0) is 37.3 Å². The van der Waals surface area contributed by atoms with Crippen LogP contribution in [0.5, 0.6) is 0 Å². The Morgan fingerprint density at radius 1 is 1.29 bits per heavy atom. The van der Waals surface area contributed by atoms with E-state index in [1.165, 1.54) is 23.0 Å². The van der Waals surface area contributed by atoms with Crippen LogP contribution in [-0.4, -0.2) is 54.5 Å². The summed E-state index contributed by atoms with van der Waals surface area (Å²) in [4.78, 5) is 15.4. The first-order chi connectivity index (χ1) is 15.0. The molecule has 0 spiro atoms. The third-order valence-corrected chi connectivity index (χ3v) is 6.27. The van der Waals surface area contributed by atoms with Crippen molar-refractivity contribution < 1.29 is 13.3 Å². The van der Waals surface area contributed by atoms with Crippen LogP contribution in [0.2, 0.25) is 0 Å². The Hall–Kier alpha value is -2.37. The molecule has 0 bridgehead atoms. The lowest BCUT2D eigenvalue weighted by Gasteiger charge is -2.41. The van der Waals surface area contributed by atoms with Gasteiger partial charge < -0.3 is 9.45 Å². The summed E-state index contributed by atoms with van der Waals surface area (Å²) in [6.07, 6.45) is 5.04. The number of nitrogens with zero attached hydrogens (tertiary/aromatic N) is 6. The second kappa shape index (κ2) is 9.41. The summed E-state index contributed by atoms with van der Waals surface area (Å²) >= 11 is -1.05. The van der Waals surface area contributed by atoms with E-state index in [-0.39, 0.29) is 11.7 Å². The number of hydrogen-bond acceptors (Lipinski definition) is 7. The molecule has 0 radical (unpaired) electrons. The number of hydrogen-bond donors (Lipinski definition) is 1. The lowest BCUT2D eigenvalue weighted by atomic mass is 9.87. The number of aromatic nitrogens is 5. The van der Waals surface area contributed by atoms with Gasteiger partial charge >= 0.3 is 0 Å². The predicted octanol–water partition coefficient (Wildman–Crippen LogP) is 3.00. The molecule has 3 atom stereocenters. The number of anilines is 1. The third kappa shape index (κ3) is 4.63. The lowest BCUT2D eigenvalue weighted by Crippen LogP contribution is -2.49. The van der Waals surface area contributed by atoms with Crippen molar-refractivity contribution in [3.05, 3.63) is 36.4 Å². The van der Waals surface area contributed by atoms with Gasteiger partial charge in [0.2, 0.25) is 0 Å². The molecule has 0 aromatic carbocycles. The summed E-state index contributed by atoms with van der Waals surface area (Å²) in [7, 11) is 0. The van der Waals surface area contributed by atoms with E-state index in [1.54, 1.807) is 12.5 Å². The molecule has 4 rings (SSSR count). The Balaban J connectivity index is 1.65. The van der Waals surface area contributed by atoms with E-state index in [2.05, 4.69) is 36.6 Å². The smallest absolute Gasteiger partial charge is 0.282 e. The van der Waals surface area contributed by atoms with Gasteiger partial charge in [0.15, 0.2) is 5.65 Å². The molecule has 3 aromatic heterocycles. The van der Waals surface area contributed by atoms with Gasteiger partial charge in [-0.2, -0.15) is 5.10 Å². The van der Waals surface area contributed by atoms with Crippen molar-refractivity contribution in [2.24, 2.45) is 5.92 Å². The van der Waals surface area contributed by atoms with Gasteiger partial charge in [-0.1, -0.05) is 6.92 Å². The van der Waals surface area contributed by atoms with Gasteiger partial charge in [0.25, 0.3) is 6.43 Å². The van der Waals surface area contributed by atoms with Crippen molar-refractivity contribution >= 4 is 22.8 Å². The highest BCUT2D eigenvalue weighted by Crippen LogP contribution is 2.31. The van der Waals surface area contributed by atoms with Crippen LogP contribution >= 0.6 is 0 Å². The number of imidazole rings is 1. The molecule has 3 aromatic rings. The van der Waals surface area contributed by atoms with Crippen LogP contribution in [0.25, 0.3) is 17.0 Å². The molecular formula is C20H25F2N7OS. The maximum Gasteiger partial charge on any atom is 0.282 e. The van der Waals surface area contributed by atoms with E-state index >= 15 is 0 Å². The predicted molar refractivity (Wildman–Crippen MR) is 115 cm³/mol. The first-order valence-corrected chi connectivity index (χ1v) is 11.8. The van der Waals surface area contributed by atoms with E-state index in [0.717, 1.165) is 31.6 Å². The van der Waals surface area contributed by atoms with Crippen molar-refractivity contribution in [3.8, 4) is 11.4 Å². The number of rotatable bonds is 7. The van der Waals surface area contributed by atoms with E-state index < -0.39 is 17.8 Å². The maximum absolute atomic E-state index is 13.1. The standard InChI is InChI=1S/C20H25F2N7OS/c1-3-16-13(10-26-31(2)30)5-4-8-28(16)19-9-15(24-12-25-19)17-11-23-18-7-6-14(20(21)22)27-29(17)18/h6-7,9,11-13,16,20,26H,3-5,8,10H2,1-2H3. The zero-order chi connectivity index (χ0) is 22.0. The van der Waals surface area contributed by atoms with E-state index in [4.69, 9.17) is 0 Å². The van der Waals surface area contributed by atoms with Gasteiger partial charge in [-0.25, -0.2) is 28.2 Å². The molecule has 0 amide bonds. The SMILES string of the molecule is CCC1C(CN[S+](C)[O-])CCCN1c1cc(-c2cnc3ccc(C(F)F)nn23)ncn1. The summed E-state index contributed by atoms with van der Waals surface area (Å²) in [5.74, 6) is 1.13. The van der Waals surface area contributed by atoms with Crippen molar-refractivity contribution in [1.29, 1.82) is 0 Å². The van der Waals surface area contributed by atoms with Gasteiger partial charge in [-0.3, -0.25) is 0 Å². The normalized spacial score (nSPS) is 20.5. The molecule has 1 N–H and O–H groups in total. The molecular weight excluding hydrogens is 424 g/mol. The second-order valence-corrected chi connectivity index (χ2v) is 8.80. The largest absolute Gasteiger partial charge is 0.598 e. The quantitative estimate of drug-likeness (QED) is 0.554. The Morgan fingerprint density at radius 3 is 2.87 bits per heavy atom. The molecule has 0 saturated carbocycles. The fraction of sp³-hybridized carbons (Fsp3) is 0.500. The fourth-order valence-corrected chi connectivity index (χ4v) is 4.71. The van der Waals surface area contributed by atoms with Crippen LogP contribution in [0.15, 0.2) is 30.7 Å². The number of nitrogens with one attached hydrogen (secondary N) is 1. The molecule has 166 valence electrons. The molecule has 4 heterocycles. The number of fused-ring (bicyclic) bond motifs is 1. The summed E-state index contributed by atoms with van der Waals surface area (Å²) in [6, 6.07) is 4.90. The maximum atomic E-state index is 13.1. The zero-order valence-electron chi connectivity index (χ0n) is 17.4. The Kier molecular flexibility index (Phi) is 6.63. The van der Waals surface area contributed by atoms with Crippen LogP contribution in [-0.2, 0) is 11.4 Å². The zero-order valence-corrected chi connectivity index (χ0v) is 18.2. The Bertz CT molecular complexity index is 1030. The summed E-state index contributed by atoms with van der Waals surface area (Å²) < 4.78 is 42.2. The summed E-state index contributed by atoms with van der Waals surface area (Å²) in [5.41, 5.74) is 1.27. The molecule has 0 aliphatic carbocycles. The van der Waals surface area contributed by atoms with Crippen molar-refractivity contribution in [2.75, 3.05) is 24.2 Å². The minimum absolute atomic E-state index is 0.248. The lowest BCUT2D eigenvalue weighted by molar-refractivity contribution is 0.144. The average molecular weight is 450 g/mol. The Morgan fingerprint density at radius 2 is 2.13 bits per heavy atom. The van der Waals surface area contributed by atoms with Gasteiger partial charge in [0, 0.05) is 36.6 Å². The highest BCUT2D eigenvalue weighted by atomic mass is 32.2. The number of piperidine rings is 1. The monoisotopic (exact) mass is 449 g/mol. The topological polar surface area (TPSA) is 94.3 Å². The van der Waals surface area contributed by atoms with Crippen LogP contribution in [0.1, 0.15) is 38.3 Å². The summed E-state index contributed by atoms with van der Waals surface area (Å²) in [6.45, 7) is 3.69. The van der Waals surface area contributed by atoms with Crippen LogP contribution < -0.4 is 9.62 Å². The van der Waals surface area contributed by atoms with Gasteiger partial charge in [0.05, 0.1) is 11.9 Å². The Labute approximate surface area is 182 Å². The van der Waals surface area contributed by atoms with Crippen LogP contribution in [0, 0.1) is 5.92 Å². The van der Waals surface area contributed by atoms with Crippen molar-refractivity contribution in [1.82, 2.24) is 29.3 Å². The van der Waals surface area contributed by atoms with Gasteiger partial charge in [0.1, 0.15) is 29.8 Å². The molecule has 1 aliphatic rings. The highest BCUT2D eigenvalue weighted by Gasteiger charge is 2.32. The summed E-state index contributed by atoms with van der Waals surface area (Å²) in [5, 5.41) is 4.03. The van der Waals surface area contributed by atoms with E-state index in [0.29, 0.717) is 29.5 Å². The number of halogens is 2. The molecule has 1 aliphatic heterocycles. The van der Waals surface area contributed by atoms with E-state index in [1.807, 2.05) is 6.07 Å². The molecule has 3 unspecified atom stereocenters. The second-order valence-electron chi connectivity index (χ2n) is 7.61. The average Bonchev–Trinajstić information content (AvgIpc) is 3.20. The van der Waals surface area contributed by atoms with Crippen LogP contribution in [0.4, 0.5) is 14.6 Å². The highest BCUT2D eigenvalue weighted by molar-refractivity contribution is 7.88. The van der Waals surface area contributed by atoms with Crippen molar-refractivity contribution in [3.63, 3.8) is 0 Å². The third-order valence-electron chi connectivity index (χ3n) is 5.70. The molecule has 1 fully saturated rings.